The smallest absolute Gasteiger partial charge is 0.230 e. The minimum absolute atomic E-state index is 0.0536. The molecule has 1 heterocycles. The molecule has 0 spiro atoms. The van der Waals surface area contributed by atoms with Gasteiger partial charge >= 0.3 is 0 Å². The van der Waals surface area contributed by atoms with Gasteiger partial charge < -0.3 is 10.1 Å². The highest BCUT2D eigenvalue weighted by Crippen LogP contribution is 2.50. The van der Waals surface area contributed by atoms with Crippen LogP contribution in [0.25, 0.3) is 0 Å². The second kappa shape index (κ2) is 7.71. The van der Waals surface area contributed by atoms with E-state index in [4.69, 9.17) is 4.74 Å². The first-order valence-electron chi connectivity index (χ1n) is 8.10. The lowest BCUT2D eigenvalue weighted by Gasteiger charge is -2.19. The Morgan fingerprint density at radius 2 is 2.00 bits per heavy atom. The lowest BCUT2D eigenvalue weighted by molar-refractivity contribution is -0.118. The van der Waals surface area contributed by atoms with E-state index in [9.17, 15) is 4.79 Å². The van der Waals surface area contributed by atoms with Crippen LogP contribution in [-0.2, 0) is 16.0 Å². The van der Waals surface area contributed by atoms with Crippen LogP contribution in [0.15, 0.2) is 48.8 Å². The predicted octanol–water partition coefficient (Wildman–Crippen LogP) is 3.17. The van der Waals surface area contributed by atoms with Crippen molar-refractivity contribution in [1.82, 2.24) is 10.3 Å². The van der Waals surface area contributed by atoms with Crippen molar-refractivity contribution in [3.63, 3.8) is 0 Å². The molecule has 1 aliphatic rings. The van der Waals surface area contributed by atoms with Crippen LogP contribution in [0.3, 0.4) is 0 Å². The molecule has 126 valence electrons. The fourth-order valence-corrected chi connectivity index (χ4v) is 3.65. The number of aromatic nitrogens is 1. The zero-order valence-electron chi connectivity index (χ0n) is 13.8. The fourth-order valence-electron chi connectivity index (χ4n) is 2.83. The Kier molecular flexibility index (Phi) is 5.41. The molecule has 1 fully saturated rings. The van der Waals surface area contributed by atoms with Gasteiger partial charge in [-0.3, -0.25) is 9.78 Å². The Hall–Kier alpha value is -2.01. The van der Waals surface area contributed by atoms with Gasteiger partial charge in [-0.25, -0.2) is 0 Å². The average molecular weight is 342 g/mol. The summed E-state index contributed by atoms with van der Waals surface area (Å²) >= 11 is 1.62. The number of benzene rings is 1. The Labute approximate surface area is 147 Å². The van der Waals surface area contributed by atoms with Gasteiger partial charge in [-0.15, -0.1) is 11.8 Å². The van der Waals surface area contributed by atoms with E-state index in [1.807, 2.05) is 30.3 Å². The number of para-hydroxylation sites is 1. The van der Waals surface area contributed by atoms with Crippen LogP contribution in [0.2, 0.25) is 0 Å². The maximum Gasteiger partial charge on any atom is 0.230 e. The van der Waals surface area contributed by atoms with Crippen LogP contribution >= 0.6 is 11.8 Å². The molecule has 1 aliphatic carbocycles. The third kappa shape index (κ3) is 4.09. The lowest BCUT2D eigenvalue weighted by atomic mass is 9.95. The first-order valence-corrected chi connectivity index (χ1v) is 9.26. The van der Waals surface area contributed by atoms with E-state index in [2.05, 4.69) is 16.4 Å². The highest BCUT2D eigenvalue weighted by molar-refractivity contribution is 7.99. The summed E-state index contributed by atoms with van der Waals surface area (Å²) in [6.45, 7) is 0.683. The number of pyridine rings is 1. The molecular weight excluding hydrogens is 320 g/mol. The molecule has 0 saturated heterocycles. The van der Waals surface area contributed by atoms with E-state index >= 15 is 0 Å². The van der Waals surface area contributed by atoms with Gasteiger partial charge in [0, 0.05) is 35.7 Å². The van der Waals surface area contributed by atoms with Crippen molar-refractivity contribution in [2.75, 3.05) is 19.4 Å². The van der Waals surface area contributed by atoms with Crippen molar-refractivity contribution >= 4 is 17.7 Å². The molecule has 1 N–H and O–H groups in total. The van der Waals surface area contributed by atoms with Gasteiger partial charge in [-0.1, -0.05) is 18.2 Å². The van der Waals surface area contributed by atoms with Crippen LogP contribution < -0.4 is 10.1 Å². The fraction of sp³-hybridized carbons (Fsp3) is 0.368. The molecule has 0 radical (unpaired) electrons. The van der Waals surface area contributed by atoms with Crippen LogP contribution in [-0.4, -0.2) is 30.3 Å². The van der Waals surface area contributed by atoms with E-state index in [0.717, 1.165) is 24.3 Å². The molecule has 5 heteroatoms. The summed E-state index contributed by atoms with van der Waals surface area (Å²) in [5.41, 5.74) is 2.45. The molecule has 2 aromatic rings. The van der Waals surface area contributed by atoms with Crippen LogP contribution in [0.1, 0.15) is 24.0 Å². The van der Waals surface area contributed by atoms with Crippen molar-refractivity contribution in [1.29, 1.82) is 0 Å². The number of nitrogens with one attached hydrogen (secondary N) is 1. The molecule has 0 aliphatic heterocycles. The Bertz CT molecular complexity index is 687. The number of ether oxygens (including phenoxy) is 1. The van der Waals surface area contributed by atoms with Crippen molar-refractivity contribution < 1.29 is 9.53 Å². The number of thioether (sulfide) groups is 1. The third-order valence-corrected chi connectivity index (χ3v) is 5.41. The Balaban J connectivity index is 1.47. The van der Waals surface area contributed by atoms with Gasteiger partial charge in [-0.05, 0) is 36.6 Å². The summed E-state index contributed by atoms with van der Waals surface area (Å²) in [6, 6.07) is 12.1. The highest BCUT2D eigenvalue weighted by Gasteiger charge is 2.46. The highest BCUT2D eigenvalue weighted by atomic mass is 32.2. The molecule has 0 bridgehead atoms. The topological polar surface area (TPSA) is 51.2 Å². The van der Waals surface area contributed by atoms with Gasteiger partial charge in [0.2, 0.25) is 5.91 Å². The summed E-state index contributed by atoms with van der Waals surface area (Å²) in [5, 5.41) is 3.09. The second-order valence-electron chi connectivity index (χ2n) is 6.11. The molecule has 1 amide bonds. The molecule has 24 heavy (non-hydrogen) atoms. The second-order valence-corrected chi connectivity index (χ2v) is 7.09. The average Bonchev–Trinajstić information content (AvgIpc) is 3.42. The summed E-state index contributed by atoms with van der Waals surface area (Å²) in [6.07, 6.45) is 5.75. The Morgan fingerprint density at radius 3 is 2.71 bits per heavy atom. The molecule has 4 nitrogen and oxygen atoms in total. The number of amides is 1. The van der Waals surface area contributed by atoms with Crippen LogP contribution in [0, 0.1) is 0 Å². The molecule has 1 aromatic heterocycles. The zero-order valence-corrected chi connectivity index (χ0v) is 14.6. The van der Waals surface area contributed by atoms with Gasteiger partial charge in [-0.2, -0.15) is 0 Å². The van der Waals surface area contributed by atoms with E-state index in [0.29, 0.717) is 12.3 Å². The number of methoxy groups -OCH3 is 1. The molecule has 0 unspecified atom stereocenters. The number of nitrogens with zero attached hydrogens (tertiary/aromatic N) is 1. The lowest BCUT2D eigenvalue weighted by Crippen LogP contribution is -2.33. The van der Waals surface area contributed by atoms with Crippen LogP contribution in [0.4, 0.5) is 0 Å². The van der Waals surface area contributed by atoms with Gasteiger partial charge in [0.1, 0.15) is 5.75 Å². The standard InChI is InChI=1S/C19H22N2O2S/c1-23-17-5-3-2-4-16(17)19(8-9-19)14-21-18(22)13-24-12-15-6-10-20-11-7-15/h2-7,10-11H,8-9,12-14H2,1H3,(H,21,22). The first kappa shape index (κ1) is 16.8. The number of hydrogen-bond acceptors (Lipinski definition) is 4. The zero-order chi connectivity index (χ0) is 16.8. The summed E-state index contributed by atoms with van der Waals surface area (Å²) in [4.78, 5) is 16.1. The van der Waals surface area contributed by atoms with E-state index in [1.165, 1.54) is 11.1 Å². The minimum atomic E-state index is 0.0536. The SMILES string of the molecule is COc1ccccc1C1(CNC(=O)CSCc2ccncc2)CC1. The van der Waals surface area contributed by atoms with Crippen molar-refractivity contribution in [3.05, 3.63) is 59.9 Å². The summed E-state index contributed by atoms with van der Waals surface area (Å²) < 4.78 is 5.47. The van der Waals surface area contributed by atoms with Gasteiger partial charge in [0.25, 0.3) is 0 Å². The third-order valence-electron chi connectivity index (χ3n) is 4.41. The maximum absolute atomic E-state index is 12.1. The predicted molar refractivity (Wildman–Crippen MR) is 97.3 cm³/mol. The normalized spacial score (nSPS) is 14.9. The molecule has 3 rings (SSSR count). The van der Waals surface area contributed by atoms with E-state index < -0.39 is 0 Å². The summed E-state index contributed by atoms with van der Waals surface area (Å²) in [5.74, 6) is 2.31. The quantitative estimate of drug-likeness (QED) is 0.800. The number of carbonyl (C=O) groups excluding carboxylic acids is 1. The molecule has 1 saturated carbocycles. The van der Waals surface area contributed by atoms with Crippen molar-refractivity contribution in [3.8, 4) is 5.75 Å². The summed E-state index contributed by atoms with van der Waals surface area (Å²) in [7, 11) is 1.70. The largest absolute Gasteiger partial charge is 0.496 e. The van der Waals surface area contributed by atoms with Crippen molar-refractivity contribution in [2.24, 2.45) is 0 Å². The minimum Gasteiger partial charge on any atom is -0.496 e. The number of rotatable bonds is 8. The maximum atomic E-state index is 12.1. The first-order chi connectivity index (χ1) is 11.7. The molecular formula is C19H22N2O2S. The Morgan fingerprint density at radius 1 is 1.25 bits per heavy atom. The number of hydrogen-bond donors (Lipinski definition) is 1. The van der Waals surface area contributed by atoms with Gasteiger partial charge in [0.15, 0.2) is 0 Å². The monoisotopic (exact) mass is 342 g/mol. The van der Waals surface area contributed by atoms with Crippen LogP contribution in [0.5, 0.6) is 5.75 Å². The van der Waals surface area contributed by atoms with E-state index in [-0.39, 0.29) is 11.3 Å². The van der Waals surface area contributed by atoms with Crippen molar-refractivity contribution in [2.45, 2.75) is 24.0 Å². The van der Waals surface area contributed by atoms with E-state index in [1.54, 1.807) is 31.3 Å². The van der Waals surface area contributed by atoms with Gasteiger partial charge in [0.05, 0.1) is 12.9 Å². The number of carbonyl (C=O) groups is 1. The molecule has 1 aromatic carbocycles. The molecule has 0 atom stereocenters.